The van der Waals surface area contributed by atoms with E-state index in [1.807, 2.05) is 0 Å². The molecule has 2 amide bonds. The lowest BCUT2D eigenvalue weighted by Crippen LogP contribution is -2.32. The van der Waals surface area contributed by atoms with E-state index in [0.29, 0.717) is 5.56 Å². The summed E-state index contributed by atoms with van der Waals surface area (Å²) in [7, 11) is 0. The Morgan fingerprint density at radius 1 is 0.862 bits per heavy atom. The molecule has 12 heteroatoms. The van der Waals surface area contributed by atoms with Crippen molar-refractivity contribution in [2.45, 2.75) is 0 Å². The maximum absolute atomic E-state index is 12.1. The van der Waals surface area contributed by atoms with E-state index in [-0.39, 0.29) is 17.2 Å². The molecule has 0 aliphatic carbocycles. The molecule has 0 fully saturated rings. The molecule has 1 aromatic carbocycles. The van der Waals surface area contributed by atoms with Gasteiger partial charge in [-0.3, -0.25) is 46.4 Å². The fourth-order valence-electron chi connectivity index (χ4n) is 2.20. The summed E-state index contributed by atoms with van der Waals surface area (Å²) in [6, 6.07) is 11.3. The number of amides is 2. The molecule has 0 unspecified atom stereocenters. The molecule has 3 aromatic rings. The van der Waals surface area contributed by atoms with Crippen molar-refractivity contribution < 1.29 is 14.5 Å². The number of rotatable bonds is 7. The molecule has 0 bridgehead atoms. The van der Waals surface area contributed by atoms with Gasteiger partial charge in [-0.1, -0.05) is 18.2 Å². The molecular weight excluding hydrogens is 380 g/mol. The summed E-state index contributed by atoms with van der Waals surface area (Å²) >= 11 is 0. The van der Waals surface area contributed by atoms with Crippen LogP contribution in [0.15, 0.2) is 61.2 Å². The van der Waals surface area contributed by atoms with Gasteiger partial charge in [0.2, 0.25) is 11.6 Å². The number of benzene rings is 1. The maximum Gasteiger partial charge on any atom is 0.356 e. The highest BCUT2D eigenvalue weighted by Gasteiger charge is 2.24. The minimum Gasteiger partial charge on any atom is -0.276 e. The number of nitro groups is 1. The fourth-order valence-corrected chi connectivity index (χ4v) is 2.20. The van der Waals surface area contributed by atoms with Crippen LogP contribution in [-0.2, 0) is 0 Å². The van der Waals surface area contributed by atoms with Crippen LogP contribution in [0.25, 0.3) is 0 Å². The maximum atomic E-state index is 12.1. The van der Waals surface area contributed by atoms with Gasteiger partial charge in [0.25, 0.3) is 11.8 Å². The fraction of sp³-hybridized carbons (Fsp3) is 0. The van der Waals surface area contributed by atoms with Crippen LogP contribution < -0.4 is 21.7 Å². The number of nitrogens with one attached hydrogen (secondary N) is 4. The lowest BCUT2D eigenvalue weighted by atomic mass is 10.2. The number of hydrazine groups is 2. The molecule has 0 spiro atoms. The van der Waals surface area contributed by atoms with Gasteiger partial charge in [-0.2, -0.15) is 0 Å². The van der Waals surface area contributed by atoms with Crippen LogP contribution in [0.3, 0.4) is 0 Å². The number of hydrogen-bond donors (Lipinski definition) is 4. The van der Waals surface area contributed by atoms with Gasteiger partial charge in [0.05, 0.1) is 10.5 Å². The summed E-state index contributed by atoms with van der Waals surface area (Å²) in [5.74, 6) is -1.64. The standard InChI is InChI=1S/C17H14N8O4/c26-16(11-5-2-1-3-6-11)23-21-14-13(25(28)29)15(20-10-19-14)22-24-17(27)12-7-4-8-18-9-12/h1-10H,(H,23,26)(H,24,27)(H2,19,20,21,22). The SMILES string of the molecule is O=C(NNc1ncnc(NNC(=O)c2cccnc2)c1[N+](=O)[O-])c1ccccc1. The quantitative estimate of drug-likeness (QED) is 0.341. The van der Waals surface area contributed by atoms with Crippen molar-refractivity contribution in [3.63, 3.8) is 0 Å². The van der Waals surface area contributed by atoms with Gasteiger partial charge in [-0.05, 0) is 24.3 Å². The first-order chi connectivity index (χ1) is 14.1. The number of carbonyl (C=O) groups excluding carboxylic acids is 2. The molecule has 0 saturated carbocycles. The van der Waals surface area contributed by atoms with E-state index in [1.54, 1.807) is 36.4 Å². The van der Waals surface area contributed by atoms with E-state index >= 15 is 0 Å². The highest BCUT2D eigenvalue weighted by Crippen LogP contribution is 2.27. The lowest BCUT2D eigenvalue weighted by Gasteiger charge is -2.11. The minimum absolute atomic E-state index is 0.241. The van der Waals surface area contributed by atoms with E-state index in [2.05, 4.69) is 36.7 Å². The predicted octanol–water partition coefficient (Wildman–Crippen LogP) is 1.29. The zero-order valence-corrected chi connectivity index (χ0v) is 14.7. The molecule has 29 heavy (non-hydrogen) atoms. The third kappa shape index (κ3) is 4.77. The van der Waals surface area contributed by atoms with Crippen molar-refractivity contribution in [3.8, 4) is 0 Å². The second kappa shape index (κ2) is 8.85. The Kier molecular flexibility index (Phi) is 5.85. The van der Waals surface area contributed by atoms with Gasteiger partial charge >= 0.3 is 5.69 Å². The number of hydrogen-bond acceptors (Lipinski definition) is 9. The van der Waals surface area contributed by atoms with Gasteiger partial charge in [-0.25, -0.2) is 9.97 Å². The topological polar surface area (TPSA) is 164 Å². The van der Waals surface area contributed by atoms with Crippen LogP contribution in [0, 0.1) is 10.1 Å². The molecule has 0 aliphatic heterocycles. The lowest BCUT2D eigenvalue weighted by molar-refractivity contribution is -0.383. The summed E-state index contributed by atoms with van der Waals surface area (Å²) < 4.78 is 0. The number of carbonyl (C=O) groups is 2. The smallest absolute Gasteiger partial charge is 0.276 e. The monoisotopic (exact) mass is 394 g/mol. The first-order valence-corrected chi connectivity index (χ1v) is 8.13. The zero-order valence-electron chi connectivity index (χ0n) is 14.7. The van der Waals surface area contributed by atoms with Gasteiger partial charge in [0, 0.05) is 18.0 Å². The van der Waals surface area contributed by atoms with Crippen LogP contribution in [0.1, 0.15) is 20.7 Å². The second-order valence-electron chi connectivity index (χ2n) is 5.44. The molecule has 2 aromatic heterocycles. The molecule has 2 heterocycles. The van der Waals surface area contributed by atoms with Crippen molar-refractivity contribution in [1.29, 1.82) is 0 Å². The van der Waals surface area contributed by atoms with Crippen molar-refractivity contribution in [3.05, 3.63) is 82.4 Å². The van der Waals surface area contributed by atoms with Crippen molar-refractivity contribution in [2.24, 2.45) is 0 Å². The molecule has 3 rings (SSSR count). The van der Waals surface area contributed by atoms with Crippen molar-refractivity contribution >= 4 is 29.1 Å². The average molecular weight is 394 g/mol. The van der Waals surface area contributed by atoms with Gasteiger partial charge in [0.15, 0.2) is 0 Å². The third-order valence-corrected chi connectivity index (χ3v) is 3.55. The van der Waals surface area contributed by atoms with Crippen LogP contribution >= 0.6 is 0 Å². The second-order valence-corrected chi connectivity index (χ2v) is 5.44. The first kappa shape index (κ1) is 19.2. The van der Waals surface area contributed by atoms with Crippen molar-refractivity contribution in [2.75, 3.05) is 10.9 Å². The number of nitrogens with zero attached hydrogens (tertiary/aromatic N) is 4. The van der Waals surface area contributed by atoms with Crippen LogP contribution in [0.2, 0.25) is 0 Å². The molecule has 4 N–H and O–H groups in total. The van der Waals surface area contributed by atoms with Crippen LogP contribution in [-0.4, -0.2) is 31.7 Å². The Bertz CT molecular complexity index is 956. The summed E-state index contributed by atoms with van der Waals surface area (Å²) in [5.41, 5.74) is 9.40. The number of aromatic nitrogens is 3. The molecular formula is C17H14N8O4. The molecule has 12 nitrogen and oxygen atoms in total. The summed E-state index contributed by atoms with van der Waals surface area (Å²) in [4.78, 5) is 46.2. The van der Waals surface area contributed by atoms with Crippen LogP contribution in [0.4, 0.5) is 17.3 Å². The van der Waals surface area contributed by atoms with E-state index in [1.165, 1.54) is 18.5 Å². The molecule has 0 aliphatic rings. The van der Waals surface area contributed by atoms with Gasteiger partial charge < -0.3 is 0 Å². The average Bonchev–Trinajstić information content (AvgIpc) is 2.76. The van der Waals surface area contributed by atoms with E-state index < -0.39 is 22.4 Å². The van der Waals surface area contributed by atoms with E-state index in [0.717, 1.165) is 6.33 Å². The molecule has 0 saturated heterocycles. The Morgan fingerprint density at radius 2 is 1.45 bits per heavy atom. The molecule has 0 radical (unpaired) electrons. The Labute approximate surface area is 163 Å². The van der Waals surface area contributed by atoms with Crippen molar-refractivity contribution in [1.82, 2.24) is 25.8 Å². The van der Waals surface area contributed by atoms with E-state index in [9.17, 15) is 19.7 Å². The van der Waals surface area contributed by atoms with Gasteiger partial charge in [-0.15, -0.1) is 0 Å². The molecule has 0 atom stereocenters. The summed E-state index contributed by atoms with van der Waals surface area (Å²) in [6.07, 6.45) is 3.86. The molecule has 146 valence electrons. The minimum atomic E-state index is -0.754. The summed E-state index contributed by atoms with van der Waals surface area (Å²) in [5, 5.41) is 11.5. The first-order valence-electron chi connectivity index (χ1n) is 8.13. The van der Waals surface area contributed by atoms with Crippen LogP contribution in [0.5, 0.6) is 0 Å². The Balaban J connectivity index is 1.73. The van der Waals surface area contributed by atoms with Gasteiger partial charge in [0.1, 0.15) is 6.33 Å². The largest absolute Gasteiger partial charge is 0.356 e. The third-order valence-electron chi connectivity index (χ3n) is 3.55. The predicted molar refractivity (Wildman–Crippen MR) is 102 cm³/mol. The summed E-state index contributed by atoms with van der Waals surface area (Å²) in [6.45, 7) is 0. The number of anilines is 2. The zero-order chi connectivity index (χ0) is 20.6. The normalized spacial score (nSPS) is 9.93. The Morgan fingerprint density at radius 3 is 2.00 bits per heavy atom. The Hall–Kier alpha value is -4.61. The number of pyridine rings is 1. The highest BCUT2D eigenvalue weighted by molar-refractivity contribution is 5.95. The highest BCUT2D eigenvalue weighted by atomic mass is 16.6. The van der Waals surface area contributed by atoms with E-state index in [4.69, 9.17) is 0 Å².